The smallest absolute Gasteiger partial charge is 0.317 e. The minimum absolute atomic E-state index is 0.104. The molecule has 0 saturated heterocycles. The molecule has 7 nitrogen and oxygen atoms in total. The molecule has 0 unspecified atom stereocenters. The largest absolute Gasteiger partial charge is 0.486 e. The van der Waals surface area contributed by atoms with Crippen molar-refractivity contribution in [1.29, 1.82) is 0 Å². The third kappa shape index (κ3) is 4.68. The van der Waals surface area contributed by atoms with Crippen LogP contribution in [0.3, 0.4) is 0 Å². The Morgan fingerprint density at radius 3 is 2.62 bits per heavy atom. The second kappa shape index (κ2) is 8.68. The van der Waals surface area contributed by atoms with E-state index in [2.05, 4.69) is 22.5 Å². The molecule has 2 aromatic carbocycles. The third-order valence-corrected chi connectivity index (χ3v) is 4.77. The normalized spacial score (nSPS) is 12.4. The van der Waals surface area contributed by atoms with Crippen molar-refractivity contribution in [2.24, 2.45) is 0 Å². The summed E-state index contributed by atoms with van der Waals surface area (Å²) in [4.78, 5) is 14.0. The van der Waals surface area contributed by atoms with Crippen LogP contribution in [0.4, 0.5) is 4.79 Å². The Labute approximate surface area is 169 Å². The van der Waals surface area contributed by atoms with Gasteiger partial charge in [-0.1, -0.05) is 18.2 Å². The van der Waals surface area contributed by atoms with E-state index in [1.54, 1.807) is 18.1 Å². The fourth-order valence-corrected chi connectivity index (χ4v) is 3.22. The zero-order valence-electron chi connectivity index (χ0n) is 16.4. The molecule has 1 N–H and O–H groups in total. The van der Waals surface area contributed by atoms with Gasteiger partial charge in [-0.05, 0) is 47.9 Å². The molecule has 1 aliphatic rings. The number of nitrogens with one attached hydrogen (secondary N) is 1. The molecule has 0 atom stereocenters. The van der Waals surface area contributed by atoms with Crippen LogP contribution in [-0.4, -0.2) is 47.5 Å². The summed E-state index contributed by atoms with van der Waals surface area (Å²) in [5.41, 5.74) is 3.18. The molecule has 2 amide bonds. The lowest BCUT2D eigenvalue weighted by atomic mass is 10.1. The standard InChI is InChI=1S/C22H24N4O3/c1-25(16-18-5-8-20-21(15-18)29-14-13-28-20)22(27)23-11-9-17-3-6-19(7-4-17)26-12-2-10-24-26/h2-8,10,12,15H,9,11,13-14,16H2,1H3,(H,23,27). The van der Waals surface area contributed by atoms with Crippen molar-refractivity contribution in [3.8, 4) is 17.2 Å². The summed E-state index contributed by atoms with van der Waals surface area (Å²) < 4.78 is 13.0. The van der Waals surface area contributed by atoms with Crippen LogP contribution in [0.2, 0.25) is 0 Å². The van der Waals surface area contributed by atoms with E-state index < -0.39 is 0 Å². The molecule has 7 heteroatoms. The molecule has 4 rings (SSSR count). The Balaban J connectivity index is 1.25. The van der Waals surface area contributed by atoms with Gasteiger partial charge in [-0.15, -0.1) is 0 Å². The van der Waals surface area contributed by atoms with E-state index >= 15 is 0 Å². The van der Waals surface area contributed by atoms with Gasteiger partial charge in [0.05, 0.1) is 5.69 Å². The monoisotopic (exact) mass is 392 g/mol. The van der Waals surface area contributed by atoms with E-state index in [-0.39, 0.29) is 6.03 Å². The van der Waals surface area contributed by atoms with Gasteiger partial charge >= 0.3 is 6.03 Å². The number of rotatable bonds is 6. The highest BCUT2D eigenvalue weighted by atomic mass is 16.6. The number of hydrogen-bond donors (Lipinski definition) is 1. The van der Waals surface area contributed by atoms with Crippen LogP contribution in [0.1, 0.15) is 11.1 Å². The van der Waals surface area contributed by atoms with Crippen LogP contribution < -0.4 is 14.8 Å². The summed E-state index contributed by atoms with van der Waals surface area (Å²) in [5, 5.41) is 7.19. The highest BCUT2D eigenvalue weighted by molar-refractivity contribution is 5.73. The molecule has 150 valence electrons. The van der Waals surface area contributed by atoms with Crippen LogP contribution in [0, 0.1) is 0 Å². The highest BCUT2D eigenvalue weighted by Crippen LogP contribution is 2.31. The lowest BCUT2D eigenvalue weighted by molar-refractivity contribution is 0.171. The number of urea groups is 1. The van der Waals surface area contributed by atoms with Crippen molar-refractivity contribution in [1.82, 2.24) is 20.0 Å². The summed E-state index contributed by atoms with van der Waals surface area (Å²) in [6.45, 7) is 2.20. The summed E-state index contributed by atoms with van der Waals surface area (Å²) >= 11 is 0. The molecule has 0 spiro atoms. The van der Waals surface area contributed by atoms with Crippen LogP contribution in [0.5, 0.6) is 11.5 Å². The summed E-state index contributed by atoms with van der Waals surface area (Å²) in [7, 11) is 1.78. The zero-order valence-corrected chi connectivity index (χ0v) is 16.4. The fourth-order valence-electron chi connectivity index (χ4n) is 3.22. The zero-order chi connectivity index (χ0) is 20.1. The van der Waals surface area contributed by atoms with E-state index in [4.69, 9.17) is 9.47 Å². The van der Waals surface area contributed by atoms with Crippen LogP contribution >= 0.6 is 0 Å². The predicted molar refractivity (Wildman–Crippen MR) is 110 cm³/mol. The van der Waals surface area contributed by atoms with Gasteiger partial charge < -0.3 is 19.7 Å². The van der Waals surface area contributed by atoms with E-state index in [1.807, 2.05) is 47.3 Å². The topological polar surface area (TPSA) is 68.6 Å². The van der Waals surface area contributed by atoms with Gasteiger partial charge in [0, 0.05) is 32.5 Å². The minimum atomic E-state index is -0.104. The van der Waals surface area contributed by atoms with Crippen molar-refractivity contribution >= 4 is 6.03 Å². The van der Waals surface area contributed by atoms with E-state index in [1.165, 1.54) is 0 Å². The lowest BCUT2D eigenvalue weighted by Crippen LogP contribution is -2.37. The van der Waals surface area contributed by atoms with Gasteiger partial charge in [-0.2, -0.15) is 5.10 Å². The van der Waals surface area contributed by atoms with Gasteiger partial charge in [0.1, 0.15) is 13.2 Å². The number of ether oxygens (including phenoxy) is 2. The van der Waals surface area contributed by atoms with Gasteiger partial charge in [0.2, 0.25) is 0 Å². The maximum atomic E-state index is 12.4. The maximum Gasteiger partial charge on any atom is 0.317 e. The van der Waals surface area contributed by atoms with Crippen molar-refractivity contribution in [3.63, 3.8) is 0 Å². The molecule has 0 bridgehead atoms. The first-order chi connectivity index (χ1) is 14.2. The van der Waals surface area contributed by atoms with E-state index in [9.17, 15) is 4.79 Å². The number of carbonyl (C=O) groups is 1. The Bertz CT molecular complexity index is 955. The van der Waals surface area contributed by atoms with Crippen molar-refractivity contribution in [2.75, 3.05) is 26.8 Å². The molecule has 29 heavy (non-hydrogen) atoms. The lowest BCUT2D eigenvalue weighted by Gasteiger charge is -2.21. The first kappa shape index (κ1) is 18.9. The first-order valence-corrected chi connectivity index (χ1v) is 9.65. The predicted octanol–water partition coefficient (Wildman–Crippen LogP) is 3.03. The number of aromatic nitrogens is 2. The van der Waals surface area contributed by atoms with Gasteiger partial charge in [0.15, 0.2) is 11.5 Å². The van der Waals surface area contributed by atoms with Gasteiger partial charge in [0.25, 0.3) is 0 Å². The van der Waals surface area contributed by atoms with E-state index in [0.29, 0.717) is 26.3 Å². The van der Waals surface area contributed by atoms with Crippen molar-refractivity contribution < 1.29 is 14.3 Å². The van der Waals surface area contributed by atoms with Crippen molar-refractivity contribution in [3.05, 3.63) is 72.1 Å². The Hall–Kier alpha value is -3.48. The summed E-state index contributed by atoms with van der Waals surface area (Å²) in [5.74, 6) is 1.49. The van der Waals surface area contributed by atoms with Crippen molar-refractivity contribution in [2.45, 2.75) is 13.0 Å². The van der Waals surface area contributed by atoms with Crippen LogP contribution in [0.25, 0.3) is 5.69 Å². The van der Waals surface area contributed by atoms with Gasteiger partial charge in [-0.25, -0.2) is 9.48 Å². The minimum Gasteiger partial charge on any atom is -0.486 e. The third-order valence-electron chi connectivity index (χ3n) is 4.77. The summed E-state index contributed by atoms with van der Waals surface area (Å²) in [6, 6.07) is 15.7. The molecule has 0 saturated carbocycles. The molecule has 1 aliphatic heterocycles. The van der Waals surface area contributed by atoms with Crippen LogP contribution in [-0.2, 0) is 13.0 Å². The second-order valence-corrected chi connectivity index (χ2v) is 6.93. The first-order valence-electron chi connectivity index (χ1n) is 9.65. The quantitative estimate of drug-likeness (QED) is 0.700. The Kier molecular flexibility index (Phi) is 5.65. The number of amides is 2. The average Bonchev–Trinajstić information content (AvgIpc) is 3.29. The molecular weight excluding hydrogens is 368 g/mol. The van der Waals surface area contributed by atoms with E-state index in [0.717, 1.165) is 34.7 Å². The Morgan fingerprint density at radius 2 is 1.86 bits per heavy atom. The number of carbonyl (C=O) groups excluding carboxylic acids is 1. The molecule has 0 fully saturated rings. The number of fused-ring (bicyclic) bond motifs is 1. The second-order valence-electron chi connectivity index (χ2n) is 6.93. The molecule has 2 heterocycles. The number of nitrogens with zero attached hydrogens (tertiary/aromatic N) is 3. The average molecular weight is 392 g/mol. The fraction of sp³-hybridized carbons (Fsp3) is 0.273. The molecule has 3 aromatic rings. The SMILES string of the molecule is CN(Cc1ccc2c(c1)OCCO2)C(=O)NCCc1ccc(-n2cccn2)cc1. The Morgan fingerprint density at radius 1 is 1.10 bits per heavy atom. The molecule has 1 aromatic heterocycles. The highest BCUT2D eigenvalue weighted by Gasteiger charge is 2.14. The molecule has 0 radical (unpaired) electrons. The number of hydrogen-bond acceptors (Lipinski definition) is 4. The van der Waals surface area contributed by atoms with Crippen LogP contribution in [0.15, 0.2) is 60.9 Å². The maximum absolute atomic E-state index is 12.4. The number of benzene rings is 2. The molecular formula is C22H24N4O3. The molecule has 0 aliphatic carbocycles. The van der Waals surface area contributed by atoms with Gasteiger partial charge in [-0.3, -0.25) is 0 Å². The summed E-state index contributed by atoms with van der Waals surface area (Å²) in [6.07, 6.45) is 4.43.